The molecule has 1 amide bonds. The molecular formula is C15H24ClN3O. The molecule has 0 aliphatic heterocycles. The summed E-state index contributed by atoms with van der Waals surface area (Å²) in [4.78, 5) is 16.3. The number of hydrogen-bond donors (Lipinski definition) is 2. The summed E-state index contributed by atoms with van der Waals surface area (Å²) < 4.78 is 0. The molecule has 20 heavy (non-hydrogen) atoms. The van der Waals surface area contributed by atoms with Crippen LogP contribution >= 0.6 is 12.4 Å². The van der Waals surface area contributed by atoms with Crippen molar-refractivity contribution in [3.8, 4) is 0 Å². The SMILES string of the molecule is CC1CCC(NC(=O)c2ccnc(CN)c2)C(C)C1.Cl. The van der Waals surface area contributed by atoms with Gasteiger partial charge in [0, 0.05) is 24.3 Å². The second kappa shape index (κ2) is 7.60. The highest BCUT2D eigenvalue weighted by molar-refractivity contribution is 5.94. The Kier molecular flexibility index (Phi) is 6.43. The summed E-state index contributed by atoms with van der Waals surface area (Å²) in [7, 11) is 0. The van der Waals surface area contributed by atoms with Crippen LogP contribution in [0.15, 0.2) is 18.3 Å². The molecule has 3 atom stereocenters. The van der Waals surface area contributed by atoms with E-state index in [1.54, 1.807) is 18.3 Å². The number of nitrogens with two attached hydrogens (primary N) is 1. The molecule has 0 aromatic carbocycles. The van der Waals surface area contributed by atoms with Crippen LogP contribution in [0.4, 0.5) is 0 Å². The summed E-state index contributed by atoms with van der Waals surface area (Å²) in [6.45, 7) is 4.86. The zero-order valence-corrected chi connectivity index (χ0v) is 13.0. The van der Waals surface area contributed by atoms with Gasteiger partial charge < -0.3 is 11.1 Å². The molecule has 4 nitrogen and oxygen atoms in total. The van der Waals surface area contributed by atoms with Crippen LogP contribution in [0.25, 0.3) is 0 Å². The van der Waals surface area contributed by atoms with Crippen molar-refractivity contribution in [2.45, 2.75) is 45.7 Å². The highest BCUT2D eigenvalue weighted by atomic mass is 35.5. The zero-order valence-electron chi connectivity index (χ0n) is 12.1. The zero-order chi connectivity index (χ0) is 13.8. The van der Waals surface area contributed by atoms with E-state index in [-0.39, 0.29) is 24.4 Å². The minimum Gasteiger partial charge on any atom is -0.349 e. The molecule has 1 aromatic heterocycles. The molecular weight excluding hydrogens is 274 g/mol. The maximum Gasteiger partial charge on any atom is 0.251 e. The van der Waals surface area contributed by atoms with E-state index in [0.29, 0.717) is 18.0 Å². The first-order valence-corrected chi connectivity index (χ1v) is 7.06. The second-order valence-electron chi connectivity index (χ2n) is 5.72. The Morgan fingerprint density at radius 1 is 1.45 bits per heavy atom. The molecule has 0 spiro atoms. The van der Waals surface area contributed by atoms with Crippen LogP contribution in [0, 0.1) is 11.8 Å². The average molecular weight is 298 g/mol. The van der Waals surface area contributed by atoms with E-state index in [2.05, 4.69) is 24.1 Å². The van der Waals surface area contributed by atoms with Crippen molar-refractivity contribution in [3.63, 3.8) is 0 Å². The standard InChI is InChI=1S/C15H23N3O.ClH/c1-10-3-4-14(11(2)7-10)18-15(19)12-5-6-17-13(8-12)9-16;/h5-6,8,10-11,14H,3-4,7,9,16H2,1-2H3,(H,18,19);1H. The Morgan fingerprint density at radius 2 is 2.20 bits per heavy atom. The molecule has 0 radical (unpaired) electrons. The third kappa shape index (κ3) is 4.18. The van der Waals surface area contributed by atoms with E-state index in [0.717, 1.165) is 18.0 Å². The minimum absolute atomic E-state index is 0. The van der Waals surface area contributed by atoms with Gasteiger partial charge in [-0.1, -0.05) is 13.8 Å². The van der Waals surface area contributed by atoms with E-state index in [1.807, 2.05) is 0 Å². The van der Waals surface area contributed by atoms with Crippen LogP contribution in [-0.4, -0.2) is 16.9 Å². The van der Waals surface area contributed by atoms with Crippen LogP contribution < -0.4 is 11.1 Å². The van der Waals surface area contributed by atoms with Gasteiger partial charge in [-0.15, -0.1) is 12.4 Å². The topological polar surface area (TPSA) is 68.0 Å². The van der Waals surface area contributed by atoms with Gasteiger partial charge >= 0.3 is 0 Å². The number of nitrogens with zero attached hydrogens (tertiary/aromatic N) is 1. The number of carbonyl (C=O) groups excluding carboxylic acids is 1. The summed E-state index contributed by atoms with van der Waals surface area (Å²) in [6, 6.07) is 3.80. The first-order chi connectivity index (χ1) is 9.10. The first kappa shape index (κ1) is 16.9. The van der Waals surface area contributed by atoms with E-state index in [1.165, 1.54) is 12.8 Å². The van der Waals surface area contributed by atoms with Gasteiger partial charge in [-0.2, -0.15) is 0 Å². The fourth-order valence-corrected chi connectivity index (χ4v) is 2.86. The number of aromatic nitrogens is 1. The maximum atomic E-state index is 12.2. The molecule has 1 fully saturated rings. The lowest BCUT2D eigenvalue weighted by Gasteiger charge is -2.33. The quantitative estimate of drug-likeness (QED) is 0.901. The van der Waals surface area contributed by atoms with Gasteiger partial charge in [0.25, 0.3) is 5.91 Å². The van der Waals surface area contributed by atoms with Crippen LogP contribution in [0.2, 0.25) is 0 Å². The van der Waals surface area contributed by atoms with Crippen LogP contribution in [0.3, 0.4) is 0 Å². The maximum absolute atomic E-state index is 12.2. The predicted molar refractivity (Wildman–Crippen MR) is 82.8 cm³/mol. The van der Waals surface area contributed by atoms with Crippen LogP contribution in [0.5, 0.6) is 0 Å². The number of pyridine rings is 1. The first-order valence-electron chi connectivity index (χ1n) is 7.06. The predicted octanol–water partition coefficient (Wildman–Crippen LogP) is 2.52. The summed E-state index contributed by atoms with van der Waals surface area (Å²) in [5, 5.41) is 3.15. The molecule has 0 bridgehead atoms. The van der Waals surface area contributed by atoms with Crippen molar-refractivity contribution in [2.75, 3.05) is 0 Å². The number of halogens is 1. The average Bonchev–Trinajstić information content (AvgIpc) is 2.42. The summed E-state index contributed by atoms with van der Waals surface area (Å²) >= 11 is 0. The third-order valence-corrected chi connectivity index (χ3v) is 4.04. The summed E-state index contributed by atoms with van der Waals surface area (Å²) in [5.41, 5.74) is 6.95. The lowest BCUT2D eigenvalue weighted by molar-refractivity contribution is 0.0899. The highest BCUT2D eigenvalue weighted by Gasteiger charge is 2.26. The molecule has 5 heteroatoms. The van der Waals surface area contributed by atoms with E-state index in [9.17, 15) is 4.79 Å². The van der Waals surface area contributed by atoms with Crippen molar-refractivity contribution in [1.82, 2.24) is 10.3 Å². The molecule has 1 saturated carbocycles. The van der Waals surface area contributed by atoms with Crippen LogP contribution in [0.1, 0.15) is 49.2 Å². The summed E-state index contributed by atoms with van der Waals surface area (Å²) in [6.07, 6.45) is 5.10. The fraction of sp³-hybridized carbons (Fsp3) is 0.600. The Labute approximate surface area is 126 Å². The molecule has 1 aromatic rings. The summed E-state index contributed by atoms with van der Waals surface area (Å²) in [5.74, 6) is 1.31. The largest absolute Gasteiger partial charge is 0.349 e. The smallest absolute Gasteiger partial charge is 0.251 e. The molecule has 1 aliphatic carbocycles. The van der Waals surface area contributed by atoms with Gasteiger partial charge in [0.15, 0.2) is 0 Å². The van der Waals surface area contributed by atoms with Gasteiger partial charge in [-0.05, 0) is 43.2 Å². The number of carbonyl (C=O) groups is 1. The second-order valence-corrected chi connectivity index (χ2v) is 5.72. The van der Waals surface area contributed by atoms with Gasteiger partial charge in [0.2, 0.25) is 0 Å². The normalized spacial score (nSPS) is 25.6. The number of hydrogen-bond acceptors (Lipinski definition) is 3. The molecule has 3 N–H and O–H groups in total. The molecule has 0 saturated heterocycles. The Morgan fingerprint density at radius 3 is 2.85 bits per heavy atom. The van der Waals surface area contributed by atoms with E-state index < -0.39 is 0 Å². The molecule has 2 rings (SSSR count). The fourth-order valence-electron chi connectivity index (χ4n) is 2.86. The third-order valence-electron chi connectivity index (χ3n) is 4.04. The Hall–Kier alpha value is -1.13. The van der Waals surface area contributed by atoms with E-state index >= 15 is 0 Å². The van der Waals surface area contributed by atoms with Crippen molar-refractivity contribution in [3.05, 3.63) is 29.6 Å². The lowest BCUT2D eigenvalue weighted by Crippen LogP contribution is -2.42. The van der Waals surface area contributed by atoms with Crippen molar-refractivity contribution in [2.24, 2.45) is 17.6 Å². The minimum atomic E-state index is -0.0106. The Balaban J connectivity index is 0.00000200. The van der Waals surface area contributed by atoms with Gasteiger partial charge in [0.1, 0.15) is 0 Å². The number of rotatable bonds is 3. The molecule has 112 valence electrons. The van der Waals surface area contributed by atoms with E-state index in [4.69, 9.17) is 5.73 Å². The molecule has 1 heterocycles. The Bertz CT molecular complexity index is 452. The number of nitrogens with one attached hydrogen (secondary N) is 1. The van der Waals surface area contributed by atoms with Gasteiger partial charge in [-0.3, -0.25) is 9.78 Å². The molecule has 1 aliphatic rings. The van der Waals surface area contributed by atoms with Crippen molar-refractivity contribution in [1.29, 1.82) is 0 Å². The lowest BCUT2D eigenvalue weighted by atomic mass is 9.80. The number of amides is 1. The van der Waals surface area contributed by atoms with Crippen molar-refractivity contribution >= 4 is 18.3 Å². The highest BCUT2D eigenvalue weighted by Crippen LogP contribution is 2.28. The molecule has 3 unspecified atom stereocenters. The van der Waals surface area contributed by atoms with Gasteiger partial charge in [0.05, 0.1) is 5.69 Å². The van der Waals surface area contributed by atoms with Crippen LogP contribution in [-0.2, 0) is 6.54 Å². The van der Waals surface area contributed by atoms with Gasteiger partial charge in [-0.25, -0.2) is 0 Å². The van der Waals surface area contributed by atoms with Crippen molar-refractivity contribution < 1.29 is 4.79 Å². The monoisotopic (exact) mass is 297 g/mol.